The molecule has 0 aliphatic carbocycles. The third kappa shape index (κ3) is 5.40. The molecule has 4 N–H and O–H groups in total. The molecule has 0 saturated heterocycles. The fraction of sp³-hybridized carbons (Fsp3) is 0.364. The highest BCUT2D eigenvalue weighted by molar-refractivity contribution is 9.10. The Bertz CT molecular complexity index is 595. The highest BCUT2D eigenvalue weighted by Gasteiger charge is 2.13. The van der Waals surface area contributed by atoms with E-state index in [9.17, 15) is 4.79 Å². The van der Waals surface area contributed by atoms with Gasteiger partial charge >= 0.3 is 0 Å². The van der Waals surface area contributed by atoms with E-state index in [0.29, 0.717) is 11.5 Å². The Morgan fingerprint density at radius 3 is 2.95 bits per heavy atom. The van der Waals surface area contributed by atoms with Crippen LogP contribution in [0, 0.1) is 0 Å². The maximum absolute atomic E-state index is 11.6. The molecule has 0 aromatic carbocycles. The topological polar surface area (TPSA) is 106 Å². The van der Waals surface area contributed by atoms with Crippen molar-refractivity contribution >= 4 is 57.8 Å². The molecule has 2 rings (SSSR count). The fourth-order valence-corrected chi connectivity index (χ4v) is 1.90. The van der Waals surface area contributed by atoms with Gasteiger partial charge in [0.25, 0.3) is 0 Å². The number of nitrogens with two attached hydrogens (primary N) is 1. The van der Waals surface area contributed by atoms with Crippen molar-refractivity contribution < 1.29 is 9.53 Å². The molecule has 10 heteroatoms. The van der Waals surface area contributed by atoms with Crippen molar-refractivity contribution in [3.05, 3.63) is 22.6 Å². The molecule has 7 nitrogen and oxygen atoms in total. The summed E-state index contributed by atoms with van der Waals surface area (Å²) in [4.78, 5) is 23.1. The predicted molar refractivity (Wildman–Crippen MR) is 87.8 cm³/mol. The van der Waals surface area contributed by atoms with Crippen molar-refractivity contribution in [3.63, 3.8) is 0 Å². The van der Waals surface area contributed by atoms with Crippen LogP contribution in [-0.2, 0) is 16.1 Å². The van der Waals surface area contributed by atoms with Crippen LogP contribution in [-0.4, -0.2) is 40.6 Å². The number of rotatable bonds is 5. The molecule has 0 aliphatic rings. The monoisotopic (exact) mass is 399 g/mol. The number of aromatic amines is 1. The first-order valence-electron chi connectivity index (χ1n) is 5.62. The molecule has 1 atom stereocenters. The number of H-pyrrole nitrogens is 1. The van der Waals surface area contributed by atoms with E-state index in [-0.39, 0.29) is 43.9 Å². The minimum Gasteiger partial charge on any atom is -0.383 e. The quantitative estimate of drug-likeness (QED) is 0.698. The van der Waals surface area contributed by atoms with Crippen molar-refractivity contribution in [1.82, 2.24) is 20.3 Å². The lowest BCUT2D eigenvalue weighted by atomic mass is 10.3. The number of ether oxygens (including phenoxy) is 1. The number of fused-ring (bicyclic) bond motifs is 1. The Morgan fingerprint density at radius 2 is 2.29 bits per heavy atom. The molecule has 2 aromatic rings. The zero-order chi connectivity index (χ0) is 13.8. The van der Waals surface area contributed by atoms with Gasteiger partial charge in [-0.1, -0.05) is 0 Å². The van der Waals surface area contributed by atoms with E-state index in [2.05, 4.69) is 36.2 Å². The second kappa shape index (κ2) is 9.16. The summed E-state index contributed by atoms with van der Waals surface area (Å²) in [5.74, 6) is 0.343. The van der Waals surface area contributed by atoms with Crippen LogP contribution >= 0.6 is 40.7 Å². The third-order valence-electron chi connectivity index (χ3n) is 2.47. The van der Waals surface area contributed by atoms with Crippen LogP contribution in [0.2, 0.25) is 0 Å². The predicted octanol–water partition coefficient (Wildman–Crippen LogP) is 1.15. The van der Waals surface area contributed by atoms with Gasteiger partial charge in [0.15, 0.2) is 5.65 Å². The van der Waals surface area contributed by atoms with E-state index in [1.54, 1.807) is 6.20 Å². The summed E-state index contributed by atoms with van der Waals surface area (Å²) in [6, 6.07) is 1.19. The van der Waals surface area contributed by atoms with Gasteiger partial charge in [-0.3, -0.25) is 4.79 Å². The average Bonchev–Trinajstić information content (AvgIpc) is 2.78. The molecular weight excluding hydrogens is 385 g/mol. The number of methoxy groups -OCH3 is 1. The van der Waals surface area contributed by atoms with Crippen LogP contribution < -0.4 is 11.1 Å². The van der Waals surface area contributed by atoms with Crippen LogP contribution in [0.15, 0.2) is 16.7 Å². The molecule has 0 aliphatic heterocycles. The van der Waals surface area contributed by atoms with Gasteiger partial charge in [-0.15, -0.1) is 24.8 Å². The SMILES string of the molecule is COCC(N)C(=O)NCc1nc2ncc(Br)cc2[nH]1.Cl.Cl. The molecule has 21 heavy (non-hydrogen) atoms. The maximum Gasteiger partial charge on any atom is 0.239 e. The van der Waals surface area contributed by atoms with Crippen LogP contribution in [0.3, 0.4) is 0 Å². The first kappa shape index (κ1) is 20.1. The number of nitrogens with one attached hydrogen (secondary N) is 2. The van der Waals surface area contributed by atoms with Gasteiger partial charge in [0.2, 0.25) is 5.91 Å². The van der Waals surface area contributed by atoms with Crippen LogP contribution in [0.5, 0.6) is 0 Å². The van der Waals surface area contributed by atoms with Crippen molar-refractivity contribution in [2.45, 2.75) is 12.6 Å². The normalized spacial score (nSPS) is 11.4. The van der Waals surface area contributed by atoms with E-state index in [1.807, 2.05) is 6.07 Å². The molecule has 1 unspecified atom stereocenters. The standard InChI is InChI=1S/C11H14BrN5O2.2ClH/c1-19-5-7(13)11(18)15-4-9-16-8-2-6(12)3-14-10(8)17-9;;/h2-3,7H,4-5,13H2,1H3,(H,15,18)(H,14,16,17);2*1H. The second-order valence-corrected chi connectivity index (χ2v) is 4.90. The number of nitrogens with zero attached hydrogens (tertiary/aromatic N) is 2. The number of imidazole rings is 1. The highest BCUT2D eigenvalue weighted by Crippen LogP contribution is 2.14. The summed E-state index contributed by atoms with van der Waals surface area (Å²) in [6.07, 6.45) is 1.67. The maximum atomic E-state index is 11.6. The summed E-state index contributed by atoms with van der Waals surface area (Å²) >= 11 is 3.33. The molecule has 2 heterocycles. The summed E-state index contributed by atoms with van der Waals surface area (Å²) in [5, 5.41) is 2.68. The minimum absolute atomic E-state index is 0. The van der Waals surface area contributed by atoms with Gasteiger partial charge in [0, 0.05) is 17.8 Å². The molecule has 0 spiro atoms. The van der Waals surface area contributed by atoms with Crippen molar-refractivity contribution in [2.75, 3.05) is 13.7 Å². The molecule has 0 fully saturated rings. The lowest BCUT2D eigenvalue weighted by molar-refractivity contribution is -0.123. The molecule has 0 radical (unpaired) electrons. The first-order valence-corrected chi connectivity index (χ1v) is 6.42. The molecule has 0 saturated carbocycles. The number of aromatic nitrogens is 3. The summed E-state index contributed by atoms with van der Waals surface area (Å²) in [6.45, 7) is 0.449. The van der Waals surface area contributed by atoms with Crippen LogP contribution in [0.1, 0.15) is 5.82 Å². The molecule has 1 amide bonds. The molecule has 0 bridgehead atoms. The number of hydrogen-bond acceptors (Lipinski definition) is 5. The molecule has 118 valence electrons. The number of amides is 1. The fourth-order valence-electron chi connectivity index (χ4n) is 1.57. The van der Waals surface area contributed by atoms with Gasteiger partial charge in [-0.2, -0.15) is 0 Å². The molecule has 2 aromatic heterocycles. The van der Waals surface area contributed by atoms with Gasteiger partial charge in [-0.25, -0.2) is 9.97 Å². The largest absolute Gasteiger partial charge is 0.383 e. The first-order chi connectivity index (χ1) is 9.10. The number of carbonyl (C=O) groups is 1. The van der Waals surface area contributed by atoms with Gasteiger partial charge in [0.1, 0.15) is 11.9 Å². The van der Waals surface area contributed by atoms with E-state index in [4.69, 9.17) is 10.5 Å². The summed E-state index contributed by atoms with van der Waals surface area (Å²) in [5.41, 5.74) is 7.01. The van der Waals surface area contributed by atoms with Crippen LogP contribution in [0.25, 0.3) is 11.2 Å². The van der Waals surface area contributed by atoms with E-state index in [1.165, 1.54) is 7.11 Å². The zero-order valence-corrected chi connectivity index (χ0v) is 14.3. The Kier molecular flexibility index (Phi) is 8.76. The lowest BCUT2D eigenvalue weighted by Gasteiger charge is -2.09. The van der Waals surface area contributed by atoms with Crippen molar-refractivity contribution in [1.29, 1.82) is 0 Å². The molecular formula is C11H16BrCl2N5O2. The number of pyridine rings is 1. The third-order valence-corrected chi connectivity index (χ3v) is 2.90. The second-order valence-electron chi connectivity index (χ2n) is 3.99. The lowest BCUT2D eigenvalue weighted by Crippen LogP contribution is -2.43. The van der Waals surface area contributed by atoms with Gasteiger partial charge in [0.05, 0.1) is 18.7 Å². The Labute approximate surface area is 142 Å². The van der Waals surface area contributed by atoms with E-state index < -0.39 is 6.04 Å². The Morgan fingerprint density at radius 1 is 1.57 bits per heavy atom. The zero-order valence-electron chi connectivity index (χ0n) is 11.1. The van der Waals surface area contributed by atoms with Crippen molar-refractivity contribution in [2.24, 2.45) is 5.73 Å². The summed E-state index contributed by atoms with van der Waals surface area (Å²) < 4.78 is 5.68. The van der Waals surface area contributed by atoms with Gasteiger partial charge in [-0.05, 0) is 22.0 Å². The number of halogens is 3. The van der Waals surface area contributed by atoms with Crippen molar-refractivity contribution in [3.8, 4) is 0 Å². The number of carbonyl (C=O) groups excluding carboxylic acids is 1. The summed E-state index contributed by atoms with van der Waals surface area (Å²) in [7, 11) is 1.50. The highest BCUT2D eigenvalue weighted by atomic mass is 79.9. The Hall–Kier alpha value is -0.930. The van der Waals surface area contributed by atoms with E-state index >= 15 is 0 Å². The van der Waals surface area contributed by atoms with Gasteiger partial charge < -0.3 is 20.8 Å². The average molecular weight is 401 g/mol. The van der Waals surface area contributed by atoms with E-state index in [0.717, 1.165) is 9.99 Å². The minimum atomic E-state index is -0.679. The smallest absolute Gasteiger partial charge is 0.239 e. The number of hydrogen-bond donors (Lipinski definition) is 3. The van der Waals surface area contributed by atoms with Crippen LogP contribution in [0.4, 0.5) is 0 Å². The Balaban J connectivity index is 0.00000200.